The maximum Gasteiger partial charge on any atom is 0.320 e. The minimum absolute atomic E-state index is 0.258. The van der Waals surface area contributed by atoms with Gasteiger partial charge in [0, 0.05) is 5.56 Å². The number of carbonyl (C=O) groups is 2. The van der Waals surface area contributed by atoms with Gasteiger partial charge in [-0.25, -0.2) is 0 Å². The molecule has 1 aliphatic rings. The van der Waals surface area contributed by atoms with Gasteiger partial charge in [0.05, 0.1) is 12.6 Å². The second kappa shape index (κ2) is 6.52. The number of rotatable bonds is 4. The van der Waals surface area contributed by atoms with Crippen molar-refractivity contribution in [2.45, 2.75) is 33.2 Å². The highest BCUT2D eigenvalue weighted by molar-refractivity contribution is 6.14. The lowest BCUT2D eigenvalue weighted by Gasteiger charge is -2.27. The first-order valence-corrected chi connectivity index (χ1v) is 7.19. The largest absolute Gasteiger partial charge is 0.465 e. The van der Waals surface area contributed by atoms with Crippen LogP contribution in [0.1, 0.15) is 31.4 Å². The molecular formula is C16H20N2O3. The fourth-order valence-corrected chi connectivity index (χ4v) is 2.32. The standard InChI is InChI=1S/C16H20N2O3/c1-4-12-13(16(20)21-5-2)15(19)18-14(17-12)11-8-6-10(3)7-9-11/h6-9,12-13H,4-5H2,1-3H3,(H,17,18,19). The smallest absolute Gasteiger partial charge is 0.320 e. The van der Waals surface area contributed by atoms with Crippen LogP contribution in [0.4, 0.5) is 0 Å². The quantitative estimate of drug-likeness (QED) is 0.679. The van der Waals surface area contributed by atoms with Crippen LogP contribution in [0.15, 0.2) is 29.3 Å². The number of hydrogen-bond acceptors (Lipinski definition) is 4. The second-order valence-corrected chi connectivity index (χ2v) is 5.04. The zero-order chi connectivity index (χ0) is 15.4. The average molecular weight is 288 g/mol. The number of aliphatic imine (C=N–C) groups is 1. The molecule has 1 aromatic carbocycles. The van der Waals surface area contributed by atoms with Crippen LogP contribution in [0.5, 0.6) is 0 Å². The van der Waals surface area contributed by atoms with Gasteiger partial charge in [-0.2, -0.15) is 0 Å². The van der Waals surface area contributed by atoms with E-state index in [2.05, 4.69) is 10.3 Å². The molecular weight excluding hydrogens is 268 g/mol. The van der Waals surface area contributed by atoms with Gasteiger partial charge in [0.1, 0.15) is 5.84 Å². The number of amides is 1. The first-order chi connectivity index (χ1) is 10.1. The van der Waals surface area contributed by atoms with E-state index in [1.165, 1.54) is 0 Å². The fourth-order valence-electron chi connectivity index (χ4n) is 2.32. The number of nitrogens with zero attached hydrogens (tertiary/aromatic N) is 1. The summed E-state index contributed by atoms with van der Waals surface area (Å²) in [5.74, 6) is -1.18. The third-order valence-electron chi connectivity index (χ3n) is 3.49. The fraction of sp³-hybridized carbons (Fsp3) is 0.438. The van der Waals surface area contributed by atoms with Gasteiger partial charge in [-0.05, 0) is 20.3 Å². The number of nitrogens with one attached hydrogen (secondary N) is 1. The summed E-state index contributed by atoms with van der Waals surface area (Å²) in [6.07, 6.45) is 0.603. The molecule has 0 fully saturated rings. The maximum atomic E-state index is 12.2. The van der Waals surface area contributed by atoms with Crippen molar-refractivity contribution in [3.63, 3.8) is 0 Å². The Morgan fingerprint density at radius 1 is 1.29 bits per heavy atom. The Labute approximate surface area is 124 Å². The Balaban J connectivity index is 2.29. The van der Waals surface area contributed by atoms with Gasteiger partial charge in [-0.15, -0.1) is 0 Å². The molecule has 0 bridgehead atoms. The van der Waals surface area contributed by atoms with Crippen LogP contribution in [-0.4, -0.2) is 30.4 Å². The predicted octanol–water partition coefficient (Wildman–Crippen LogP) is 1.83. The third kappa shape index (κ3) is 3.29. The first kappa shape index (κ1) is 15.2. The minimum atomic E-state index is -0.857. The number of ether oxygens (including phenoxy) is 1. The molecule has 5 nitrogen and oxygen atoms in total. The molecule has 0 radical (unpaired) electrons. The van der Waals surface area contributed by atoms with E-state index in [1.54, 1.807) is 6.92 Å². The van der Waals surface area contributed by atoms with Gasteiger partial charge in [0.2, 0.25) is 5.91 Å². The van der Waals surface area contributed by atoms with Crippen molar-refractivity contribution >= 4 is 17.7 Å². The molecule has 5 heteroatoms. The van der Waals surface area contributed by atoms with E-state index in [0.717, 1.165) is 11.1 Å². The highest BCUT2D eigenvalue weighted by Gasteiger charge is 2.39. The summed E-state index contributed by atoms with van der Waals surface area (Å²) in [5.41, 5.74) is 1.98. The van der Waals surface area contributed by atoms with Crippen molar-refractivity contribution in [2.24, 2.45) is 10.9 Å². The van der Waals surface area contributed by atoms with Gasteiger partial charge >= 0.3 is 5.97 Å². The Hall–Kier alpha value is -2.17. The van der Waals surface area contributed by atoms with Crippen molar-refractivity contribution in [3.8, 4) is 0 Å². The molecule has 1 heterocycles. The van der Waals surface area contributed by atoms with Gasteiger partial charge in [0.25, 0.3) is 0 Å². The molecule has 0 aliphatic carbocycles. The zero-order valence-electron chi connectivity index (χ0n) is 12.6. The van der Waals surface area contributed by atoms with E-state index in [1.807, 2.05) is 38.1 Å². The maximum absolute atomic E-state index is 12.2. The summed E-state index contributed by atoms with van der Waals surface area (Å²) in [6, 6.07) is 7.36. The van der Waals surface area contributed by atoms with E-state index in [4.69, 9.17) is 4.74 Å². The van der Waals surface area contributed by atoms with E-state index in [0.29, 0.717) is 12.3 Å². The van der Waals surface area contributed by atoms with Gasteiger partial charge in [-0.3, -0.25) is 14.6 Å². The molecule has 1 aromatic rings. The summed E-state index contributed by atoms with van der Waals surface area (Å²) in [6.45, 7) is 5.89. The molecule has 2 rings (SSSR count). The summed E-state index contributed by atoms with van der Waals surface area (Å²) in [5, 5.41) is 2.72. The van der Waals surface area contributed by atoms with Crippen LogP contribution in [0.25, 0.3) is 0 Å². The molecule has 0 saturated heterocycles. The topological polar surface area (TPSA) is 67.8 Å². The van der Waals surface area contributed by atoms with Crippen LogP contribution in [0, 0.1) is 12.8 Å². The Morgan fingerprint density at radius 3 is 2.52 bits per heavy atom. The van der Waals surface area contributed by atoms with Crippen molar-refractivity contribution in [3.05, 3.63) is 35.4 Å². The molecule has 0 saturated carbocycles. The summed E-state index contributed by atoms with van der Waals surface area (Å²) in [4.78, 5) is 28.7. The van der Waals surface area contributed by atoms with Crippen molar-refractivity contribution in [2.75, 3.05) is 6.61 Å². The van der Waals surface area contributed by atoms with Crippen molar-refractivity contribution < 1.29 is 14.3 Å². The zero-order valence-corrected chi connectivity index (χ0v) is 12.6. The van der Waals surface area contributed by atoms with E-state index >= 15 is 0 Å². The Kier molecular flexibility index (Phi) is 4.73. The molecule has 1 aliphatic heterocycles. The van der Waals surface area contributed by atoms with Crippen LogP contribution in [0.2, 0.25) is 0 Å². The van der Waals surface area contributed by atoms with Crippen molar-refractivity contribution in [1.82, 2.24) is 5.32 Å². The first-order valence-electron chi connectivity index (χ1n) is 7.19. The Bertz CT molecular complexity index is 563. The number of hydrogen-bond donors (Lipinski definition) is 1. The molecule has 2 unspecified atom stereocenters. The summed E-state index contributed by atoms with van der Waals surface area (Å²) < 4.78 is 4.97. The Morgan fingerprint density at radius 2 is 1.95 bits per heavy atom. The molecule has 1 N–H and O–H groups in total. The normalized spacial score (nSPS) is 21.5. The number of carbonyl (C=O) groups excluding carboxylic acids is 2. The SMILES string of the molecule is CCOC(=O)C1C(=O)NC(c2ccc(C)cc2)=NC1CC. The molecule has 0 spiro atoms. The van der Waals surface area contributed by atoms with Crippen LogP contribution >= 0.6 is 0 Å². The average Bonchev–Trinajstić information content (AvgIpc) is 2.47. The van der Waals surface area contributed by atoms with Gasteiger partial charge < -0.3 is 10.1 Å². The van der Waals surface area contributed by atoms with Crippen LogP contribution in [0.3, 0.4) is 0 Å². The summed E-state index contributed by atoms with van der Waals surface area (Å²) in [7, 11) is 0. The van der Waals surface area contributed by atoms with Crippen molar-refractivity contribution in [1.29, 1.82) is 0 Å². The molecule has 2 atom stereocenters. The number of esters is 1. The second-order valence-electron chi connectivity index (χ2n) is 5.04. The lowest BCUT2D eigenvalue weighted by molar-refractivity contribution is -0.153. The molecule has 1 amide bonds. The number of amidine groups is 1. The summed E-state index contributed by atoms with van der Waals surface area (Å²) >= 11 is 0. The lowest BCUT2D eigenvalue weighted by Crippen LogP contribution is -2.49. The van der Waals surface area contributed by atoms with Crippen LogP contribution in [-0.2, 0) is 14.3 Å². The molecule has 112 valence electrons. The van der Waals surface area contributed by atoms with E-state index in [-0.39, 0.29) is 18.6 Å². The number of aryl methyl sites for hydroxylation is 1. The third-order valence-corrected chi connectivity index (χ3v) is 3.49. The van der Waals surface area contributed by atoms with Gasteiger partial charge in [-0.1, -0.05) is 36.8 Å². The number of benzene rings is 1. The highest BCUT2D eigenvalue weighted by atomic mass is 16.5. The van der Waals surface area contributed by atoms with E-state index in [9.17, 15) is 9.59 Å². The van der Waals surface area contributed by atoms with Crippen LogP contribution < -0.4 is 5.32 Å². The minimum Gasteiger partial charge on any atom is -0.465 e. The predicted molar refractivity (Wildman–Crippen MR) is 80.1 cm³/mol. The molecule has 0 aromatic heterocycles. The van der Waals surface area contributed by atoms with Gasteiger partial charge in [0.15, 0.2) is 5.92 Å². The van der Waals surface area contributed by atoms with E-state index < -0.39 is 11.9 Å². The monoisotopic (exact) mass is 288 g/mol. The molecule has 21 heavy (non-hydrogen) atoms. The lowest BCUT2D eigenvalue weighted by atomic mass is 9.94. The highest BCUT2D eigenvalue weighted by Crippen LogP contribution is 2.20.